The van der Waals surface area contributed by atoms with Gasteiger partial charge in [-0.1, -0.05) is 18.5 Å². The fourth-order valence-corrected chi connectivity index (χ4v) is 2.77. The Balaban J connectivity index is 2.14. The number of hydrogen-bond acceptors (Lipinski definition) is 4. The number of ether oxygens (including phenoxy) is 1. The summed E-state index contributed by atoms with van der Waals surface area (Å²) in [6, 6.07) is 1.77. The lowest BCUT2D eigenvalue weighted by Gasteiger charge is -2.27. The van der Waals surface area contributed by atoms with Gasteiger partial charge in [-0.3, -0.25) is 9.69 Å². The summed E-state index contributed by atoms with van der Waals surface area (Å²) in [7, 11) is 1.54. The van der Waals surface area contributed by atoms with Crippen LogP contribution < -0.4 is 10.1 Å². The molecule has 20 heavy (non-hydrogen) atoms. The lowest BCUT2D eigenvalue weighted by atomic mass is 10.1. The van der Waals surface area contributed by atoms with Crippen LogP contribution in [0.3, 0.4) is 0 Å². The van der Waals surface area contributed by atoms with Crippen molar-refractivity contribution in [2.75, 3.05) is 20.2 Å². The van der Waals surface area contributed by atoms with Gasteiger partial charge in [-0.05, 0) is 24.5 Å². The van der Waals surface area contributed by atoms with Gasteiger partial charge >= 0.3 is 0 Å². The van der Waals surface area contributed by atoms with E-state index in [0.29, 0.717) is 17.4 Å². The molecule has 1 N–H and O–H groups in total. The van der Waals surface area contributed by atoms with Gasteiger partial charge in [0.15, 0.2) is 0 Å². The van der Waals surface area contributed by atoms with Crippen molar-refractivity contribution in [3.63, 3.8) is 0 Å². The average molecular weight is 298 g/mol. The maximum atomic E-state index is 12.0. The minimum atomic E-state index is -0.0848. The summed E-state index contributed by atoms with van der Waals surface area (Å²) in [5.74, 6) is 0.536. The summed E-state index contributed by atoms with van der Waals surface area (Å²) in [4.78, 5) is 18.4. The van der Waals surface area contributed by atoms with Gasteiger partial charge in [0.25, 0.3) is 0 Å². The molecule has 1 aliphatic heterocycles. The Kier molecular flexibility index (Phi) is 5.20. The number of halogens is 1. The van der Waals surface area contributed by atoms with E-state index in [-0.39, 0.29) is 11.9 Å². The van der Waals surface area contributed by atoms with Crippen LogP contribution >= 0.6 is 11.6 Å². The van der Waals surface area contributed by atoms with Crippen LogP contribution in [0, 0.1) is 0 Å². The summed E-state index contributed by atoms with van der Waals surface area (Å²) < 4.78 is 5.05. The summed E-state index contributed by atoms with van der Waals surface area (Å²) >= 11 is 6.09. The Hall–Kier alpha value is -1.33. The molecular weight excluding hydrogens is 278 g/mol. The molecule has 0 bridgehead atoms. The van der Waals surface area contributed by atoms with E-state index in [1.54, 1.807) is 13.3 Å². The minimum absolute atomic E-state index is 0.0848. The van der Waals surface area contributed by atoms with E-state index in [1.165, 1.54) is 0 Å². The quantitative estimate of drug-likeness (QED) is 0.921. The molecular formula is C14H20ClN3O2. The van der Waals surface area contributed by atoms with Crippen molar-refractivity contribution in [3.8, 4) is 5.88 Å². The second-order valence-electron chi connectivity index (χ2n) is 4.87. The number of nitrogens with one attached hydrogen (secondary N) is 1. The van der Waals surface area contributed by atoms with E-state index in [0.717, 1.165) is 31.5 Å². The first-order valence-electron chi connectivity index (χ1n) is 6.86. The number of pyridine rings is 1. The highest BCUT2D eigenvalue weighted by atomic mass is 35.5. The van der Waals surface area contributed by atoms with Crippen molar-refractivity contribution in [2.45, 2.75) is 32.4 Å². The van der Waals surface area contributed by atoms with Crippen LogP contribution in [0.4, 0.5) is 0 Å². The van der Waals surface area contributed by atoms with Gasteiger partial charge in [0.05, 0.1) is 13.2 Å². The molecule has 6 heteroatoms. The predicted molar refractivity (Wildman–Crippen MR) is 77.9 cm³/mol. The fraction of sp³-hybridized carbons (Fsp3) is 0.571. The van der Waals surface area contributed by atoms with E-state index in [4.69, 9.17) is 16.3 Å². The number of nitrogens with zero attached hydrogens (tertiary/aromatic N) is 2. The van der Waals surface area contributed by atoms with E-state index in [9.17, 15) is 4.79 Å². The van der Waals surface area contributed by atoms with Crippen LogP contribution in [0.5, 0.6) is 5.88 Å². The predicted octanol–water partition coefficient (Wildman–Crippen LogP) is 1.84. The molecule has 2 rings (SSSR count). The molecule has 0 radical (unpaired) electrons. The number of hydrogen-bond donors (Lipinski definition) is 1. The molecule has 0 unspecified atom stereocenters. The van der Waals surface area contributed by atoms with Gasteiger partial charge in [0.1, 0.15) is 5.02 Å². The molecule has 0 spiro atoms. The molecule has 2 heterocycles. The van der Waals surface area contributed by atoms with E-state index >= 15 is 0 Å². The van der Waals surface area contributed by atoms with E-state index in [1.807, 2.05) is 13.0 Å². The molecule has 1 aromatic heterocycles. The summed E-state index contributed by atoms with van der Waals surface area (Å²) in [6.07, 6.45) is 3.50. The second kappa shape index (κ2) is 6.90. The molecule has 1 atom stereocenters. The Labute approximate surface area is 124 Å². The average Bonchev–Trinajstić information content (AvgIpc) is 2.60. The highest BCUT2D eigenvalue weighted by molar-refractivity contribution is 6.31. The Bertz CT molecular complexity index is 481. The molecule has 1 aromatic rings. The zero-order valence-electron chi connectivity index (χ0n) is 11.9. The highest BCUT2D eigenvalue weighted by Gasteiger charge is 2.26. The lowest BCUT2D eigenvalue weighted by molar-refractivity contribution is -0.125. The third-order valence-electron chi connectivity index (χ3n) is 3.49. The van der Waals surface area contributed by atoms with Crippen molar-refractivity contribution in [3.05, 3.63) is 22.8 Å². The molecule has 1 aliphatic rings. The topological polar surface area (TPSA) is 54.5 Å². The monoisotopic (exact) mass is 297 g/mol. The molecule has 5 nitrogen and oxygen atoms in total. The Morgan fingerprint density at radius 3 is 3.05 bits per heavy atom. The highest BCUT2D eigenvalue weighted by Crippen LogP contribution is 2.23. The molecule has 1 saturated heterocycles. The summed E-state index contributed by atoms with van der Waals surface area (Å²) in [5.41, 5.74) is 0.990. The first-order valence-corrected chi connectivity index (χ1v) is 7.23. The van der Waals surface area contributed by atoms with Gasteiger partial charge in [-0.15, -0.1) is 0 Å². The van der Waals surface area contributed by atoms with Crippen LogP contribution in [0.2, 0.25) is 5.02 Å². The van der Waals surface area contributed by atoms with Crippen LogP contribution in [0.1, 0.15) is 25.3 Å². The maximum Gasteiger partial charge on any atom is 0.237 e. The minimum Gasteiger partial charge on any atom is -0.480 e. The van der Waals surface area contributed by atoms with Gasteiger partial charge in [0, 0.05) is 25.8 Å². The molecule has 0 aromatic carbocycles. The number of aromatic nitrogens is 1. The molecule has 0 aliphatic carbocycles. The number of carbonyl (C=O) groups excluding carboxylic acids is 1. The molecule has 1 fully saturated rings. The molecule has 0 saturated carbocycles. The van der Waals surface area contributed by atoms with Crippen LogP contribution in [-0.4, -0.2) is 42.0 Å². The third kappa shape index (κ3) is 3.41. The van der Waals surface area contributed by atoms with Gasteiger partial charge in [0.2, 0.25) is 11.8 Å². The number of amides is 1. The van der Waals surface area contributed by atoms with E-state index in [2.05, 4.69) is 15.2 Å². The smallest absolute Gasteiger partial charge is 0.237 e. The van der Waals surface area contributed by atoms with Crippen molar-refractivity contribution in [1.82, 2.24) is 15.2 Å². The largest absolute Gasteiger partial charge is 0.480 e. The fourth-order valence-electron chi connectivity index (χ4n) is 2.50. The van der Waals surface area contributed by atoms with Crippen molar-refractivity contribution in [1.29, 1.82) is 0 Å². The summed E-state index contributed by atoms with van der Waals surface area (Å²) in [5, 5.41) is 3.45. The standard InChI is InChI=1S/C14H20ClN3O2/c1-3-12-13(19)16-5-4-6-18(12)9-10-7-11(15)14(20-2)17-8-10/h7-8,12H,3-6,9H2,1-2H3,(H,16,19)/t12-/m0/s1. The molecule has 110 valence electrons. The van der Waals surface area contributed by atoms with Crippen molar-refractivity contribution >= 4 is 17.5 Å². The zero-order chi connectivity index (χ0) is 14.5. The van der Waals surface area contributed by atoms with Crippen LogP contribution in [0.15, 0.2) is 12.3 Å². The third-order valence-corrected chi connectivity index (χ3v) is 3.77. The summed E-state index contributed by atoms with van der Waals surface area (Å²) in [6.45, 7) is 4.33. The second-order valence-corrected chi connectivity index (χ2v) is 5.28. The number of methoxy groups -OCH3 is 1. The van der Waals surface area contributed by atoms with Gasteiger partial charge in [-0.25, -0.2) is 4.98 Å². The number of carbonyl (C=O) groups is 1. The first-order chi connectivity index (χ1) is 9.65. The Morgan fingerprint density at radius 2 is 2.40 bits per heavy atom. The van der Waals surface area contributed by atoms with Crippen LogP contribution in [0.25, 0.3) is 0 Å². The van der Waals surface area contributed by atoms with Crippen molar-refractivity contribution < 1.29 is 9.53 Å². The van der Waals surface area contributed by atoms with Gasteiger partial charge in [-0.2, -0.15) is 0 Å². The molecule has 1 amide bonds. The lowest BCUT2D eigenvalue weighted by Crippen LogP contribution is -2.43. The SMILES string of the molecule is CC[C@H]1C(=O)NCCCN1Cc1cnc(OC)c(Cl)c1. The van der Waals surface area contributed by atoms with Crippen molar-refractivity contribution in [2.24, 2.45) is 0 Å². The van der Waals surface area contributed by atoms with Gasteiger partial charge < -0.3 is 10.1 Å². The number of rotatable bonds is 4. The normalized spacial score (nSPS) is 20.4. The zero-order valence-corrected chi connectivity index (χ0v) is 12.6. The maximum absolute atomic E-state index is 12.0. The van der Waals surface area contributed by atoms with Crippen LogP contribution in [-0.2, 0) is 11.3 Å². The first kappa shape index (κ1) is 15.1. The van der Waals surface area contributed by atoms with E-state index < -0.39 is 0 Å². The Morgan fingerprint density at radius 1 is 1.60 bits per heavy atom.